The topological polar surface area (TPSA) is 18.5 Å². The lowest BCUT2D eigenvalue weighted by molar-refractivity contribution is 0.111. The molecule has 0 bridgehead atoms. The van der Waals surface area contributed by atoms with E-state index >= 15 is 0 Å². The van der Waals surface area contributed by atoms with Crippen molar-refractivity contribution < 1.29 is 9.47 Å². The molecule has 0 aliphatic heterocycles. The van der Waals surface area contributed by atoms with Gasteiger partial charge in [0.05, 0.1) is 13.2 Å². The molecule has 4 rings (SSSR count). The zero-order valence-electron chi connectivity index (χ0n) is 22.4. The molecule has 2 heteroatoms. The van der Waals surface area contributed by atoms with Gasteiger partial charge in [-0.05, 0) is 65.1 Å². The molecular formula is C34H40O2. The van der Waals surface area contributed by atoms with Crippen molar-refractivity contribution in [2.45, 2.75) is 58.0 Å². The van der Waals surface area contributed by atoms with Gasteiger partial charge in [-0.25, -0.2) is 0 Å². The van der Waals surface area contributed by atoms with Gasteiger partial charge in [0.1, 0.15) is 5.75 Å². The molecule has 36 heavy (non-hydrogen) atoms. The Bertz CT molecular complexity index is 1150. The van der Waals surface area contributed by atoms with Crippen LogP contribution < -0.4 is 4.74 Å². The maximum atomic E-state index is 5.54. The van der Waals surface area contributed by atoms with Crippen LogP contribution >= 0.6 is 0 Å². The summed E-state index contributed by atoms with van der Waals surface area (Å²) < 4.78 is 10.9. The highest BCUT2D eigenvalue weighted by Gasteiger charge is 2.19. The average Bonchev–Trinajstić information content (AvgIpc) is 2.93. The van der Waals surface area contributed by atoms with Gasteiger partial charge in [-0.1, -0.05) is 105 Å². The second-order valence-corrected chi connectivity index (χ2v) is 9.95. The zero-order valence-corrected chi connectivity index (χ0v) is 22.4. The zero-order chi connectivity index (χ0) is 25.5. The van der Waals surface area contributed by atoms with Crippen molar-refractivity contribution in [2.24, 2.45) is 5.92 Å². The molecule has 3 aromatic carbocycles. The summed E-state index contributed by atoms with van der Waals surface area (Å²) in [6.07, 6.45) is 10.3. The van der Waals surface area contributed by atoms with E-state index in [1.807, 2.05) is 0 Å². The van der Waals surface area contributed by atoms with Crippen molar-refractivity contribution in [3.05, 3.63) is 113 Å². The predicted octanol–water partition coefficient (Wildman–Crippen LogP) is 8.94. The highest BCUT2D eigenvalue weighted by Crippen LogP contribution is 2.34. The average molecular weight is 481 g/mol. The minimum atomic E-state index is 0.198. The van der Waals surface area contributed by atoms with E-state index in [4.69, 9.17) is 9.47 Å². The molecule has 0 radical (unpaired) electrons. The van der Waals surface area contributed by atoms with Gasteiger partial charge in [0, 0.05) is 18.9 Å². The highest BCUT2D eigenvalue weighted by molar-refractivity contribution is 5.64. The van der Waals surface area contributed by atoms with Gasteiger partial charge in [-0.3, -0.25) is 0 Å². The monoisotopic (exact) mass is 480 g/mol. The van der Waals surface area contributed by atoms with Crippen molar-refractivity contribution >= 4 is 0 Å². The molecule has 4 unspecified atom stereocenters. The molecular weight excluding hydrogens is 440 g/mol. The largest absolute Gasteiger partial charge is 0.497 e. The van der Waals surface area contributed by atoms with Crippen molar-refractivity contribution in [2.75, 3.05) is 14.2 Å². The third-order valence-electron chi connectivity index (χ3n) is 7.70. The number of methoxy groups -OCH3 is 2. The van der Waals surface area contributed by atoms with Gasteiger partial charge < -0.3 is 9.47 Å². The summed E-state index contributed by atoms with van der Waals surface area (Å²) in [7, 11) is 3.50. The highest BCUT2D eigenvalue weighted by atomic mass is 16.5. The first-order valence-corrected chi connectivity index (χ1v) is 13.3. The Morgan fingerprint density at radius 3 is 1.75 bits per heavy atom. The number of allylic oxidation sites excluding steroid dienone is 2. The summed E-state index contributed by atoms with van der Waals surface area (Å²) in [6.45, 7) is 6.78. The fourth-order valence-electron chi connectivity index (χ4n) is 5.45. The molecule has 0 heterocycles. The summed E-state index contributed by atoms with van der Waals surface area (Å²) >= 11 is 0. The first-order valence-electron chi connectivity index (χ1n) is 13.3. The summed E-state index contributed by atoms with van der Waals surface area (Å²) in [5.74, 6) is 2.25. The van der Waals surface area contributed by atoms with Crippen molar-refractivity contribution in [1.29, 1.82) is 0 Å². The second-order valence-electron chi connectivity index (χ2n) is 9.95. The maximum absolute atomic E-state index is 5.54. The van der Waals surface area contributed by atoms with Crippen molar-refractivity contribution in [1.82, 2.24) is 0 Å². The van der Waals surface area contributed by atoms with Crippen LogP contribution in [0.2, 0.25) is 0 Å². The predicted molar refractivity (Wildman–Crippen MR) is 152 cm³/mol. The van der Waals surface area contributed by atoms with Gasteiger partial charge >= 0.3 is 0 Å². The molecule has 0 saturated heterocycles. The summed E-state index contributed by atoms with van der Waals surface area (Å²) in [6, 6.07) is 26.8. The minimum absolute atomic E-state index is 0.198. The summed E-state index contributed by atoms with van der Waals surface area (Å²) in [5.41, 5.74) is 8.05. The minimum Gasteiger partial charge on any atom is -0.497 e. The molecule has 3 aromatic rings. The van der Waals surface area contributed by atoms with Gasteiger partial charge in [-0.2, -0.15) is 0 Å². The van der Waals surface area contributed by atoms with Crippen LogP contribution in [0.15, 0.2) is 96.6 Å². The number of hydrogen-bond acceptors (Lipinski definition) is 2. The normalized spacial score (nSPS) is 19.0. The van der Waals surface area contributed by atoms with Gasteiger partial charge in [-0.15, -0.1) is 0 Å². The number of ether oxygens (including phenoxy) is 2. The molecule has 2 nitrogen and oxygen atoms in total. The second kappa shape index (κ2) is 12.2. The SMILES string of the molecule is CCC(CC1=CC(C)C(OC)C=C1)c1ccc(-c2ccc(C(CC)c3ccc(OC)cc3)cc2)cc1. The molecule has 0 fully saturated rings. The van der Waals surface area contributed by atoms with E-state index in [0.717, 1.165) is 25.0 Å². The lowest BCUT2D eigenvalue weighted by atomic mass is 9.85. The first kappa shape index (κ1) is 26.0. The van der Waals surface area contributed by atoms with Crippen LogP contribution in [0.1, 0.15) is 68.6 Å². The molecule has 1 aliphatic rings. The van der Waals surface area contributed by atoms with E-state index in [9.17, 15) is 0 Å². The Balaban J connectivity index is 1.45. The smallest absolute Gasteiger partial charge is 0.118 e. The summed E-state index contributed by atoms with van der Waals surface area (Å²) in [5, 5.41) is 0. The molecule has 1 aliphatic carbocycles. The number of rotatable bonds is 10. The van der Waals surface area contributed by atoms with E-state index in [1.165, 1.54) is 33.4 Å². The third-order valence-corrected chi connectivity index (χ3v) is 7.70. The van der Waals surface area contributed by atoms with E-state index in [2.05, 4.69) is 112 Å². The Kier molecular flexibility index (Phi) is 8.83. The third kappa shape index (κ3) is 5.99. The van der Waals surface area contributed by atoms with Crippen LogP contribution in [0.25, 0.3) is 11.1 Å². The molecule has 0 amide bonds. The van der Waals surface area contributed by atoms with E-state index < -0.39 is 0 Å². The van der Waals surface area contributed by atoms with Gasteiger partial charge in [0.15, 0.2) is 0 Å². The van der Waals surface area contributed by atoms with E-state index in [0.29, 0.717) is 17.8 Å². The Labute approximate surface area is 217 Å². The van der Waals surface area contributed by atoms with Crippen LogP contribution in [0.5, 0.6) is 5.75 Å². The lowest BCUT2D eigenvalue weighted by Gasteiger charge is -2.24. The lowest BCUT2D eigenvalue weighted by Crippen LogP contribution is -2.19. The van der Waals surface area contributed by atoms with E-state index in [-0.39, 0.29) is 6.10 Å². The Morgan fingerprint density at radius 1 is 0.722 bits per heavy atom. The van der Waals surface area contributed by atoms with Gasteiger partial charge in [0.25, 0.3) is 0 Å². The quantitative estimate of drug-likeness (QED) is 0.288. The van der Waals surface area contributed by atoms with E-state index in [1.54, 1.807) is 14.2 Å². The van der Waals surface area contributed by atoms with Crippen molar-refractivity contribution in [3.63, 3.8) is 0 Å². The summed E-state index contributed by atoms with van der Waals surface area (Å²) in [4.78, 5) is 0. The molecule has 0 aromatic heterocycles. The molecule has 0 saturated carbocycles. The number of benzene rings is 3. The van der Waals surface area contributed by atoms with Crippen LogP contribution in [0, 0.1) is 5.92 Å². The molecule has 0 spiro atoms. The van der Waals surface area contributed by atoms with Gasteiger partial charge in [0.2, 0.25) is 0 Å². The van der Waals surface area contributed by atoms with Crippen LogP contribution in [-0.4, -0.2) is 20.3 Å². The molecule has 0 N–H and O–H groups in total. The maximum Gasteiger partial charge on any atom is 0.118 e. The first-order chi connectivity index (χ1) is 17.6. The van der Waals surface area contributed by atoms with Crippen molar-refractivity contribution in [3.8, 4) is 16.9 Å². The fourth-order valence-corrected chi connectivity index (χ4v) is 5.45. The Morgan fingerprint density at radius 2 is 1.28 bits per heavy atom. The molecule has 4 atom stereocenters. The fraction of sp³-hybridized carbons (Fsp3) is 0.353. The number of hydrogen-bond donors (Lipinski definition) is 0. The Hall–Kier alpha value is -3.10. The van der Waals surface area contributed by atoms with Crippen LogP contribution in [0.4, 0.5) is 0 Å². The molecule has 188 valence electrons. The van der Waals surface area contributed by atoms with Crippen LogP contribution in [0.3, 0.4) is 0 Å². The standard InChI is InChI=1S/C34H40O2/c1-6-26(23-25-8-21-34(36-5)24(3)22-25)27-9-11-28(12-10-27)29-13-15-30(16-14-29)33(7-2)31-17-19-32(35-4)20-18-31/h8-22,24,26,33-34H,6-7,23H2,1-5H3. The van der Waals surface area contributed by atoms with Crippen LogP contribution in [-0.2, 0) is 4.74 Å².